The predicted octanol–water partition coefficient (Wildman–Crippen LogP) is 2.04. The summed E-state index contributed by atoms with van der Waals surface area (Å²) in [6.07, 6.45) is 0.313. The summed E-state index contributed by atoms with van der Waals surface area (Å²) < 4.78 is 25.5. The van der Waals surface area contributed by atoms with Crippen LogP contribution in [0.5, 0.6) is 0 Å². The first-order chi connectivity index (χ1) is 11.8. The molecule has 1 aromatic heterocycles. The molecule has 0 aromatic carbocycles. The molecule has 1 amide bonds. The van der Waals surface area contributed by atoms with Gasteiger partial charge in [-0.05, 0) is 13.3 Å². The zero-order valence-corrected chi connectivity index (χ0v) is 14.6. The van der Waals surface area contributed by atoms with Gasteiger partial charge in [0.25, 0.3) is 0 Å². The first-order valence-corrected chi connectivity index (χ1v) is 8.41. The van der Waals surface area contributed by atoms with Gasteiger partial charge in [-0.1, -0.05) is 26.7 Å². The van der Waals surface area contributed by atoms with Crippen molar-refractivity contribution in [2.75, 3.05) is 11.9 Å². The average Bonchev–Trinajstić information content (AvgIpc) is 2.82. The summed E-state index contributed by atoms with van der Waals surface area (Å²) in [6, 6.07) is 0. The SMILES string of the molecule is CCCCCOC(=O)Nc1nc(=O)n([C@@H]2O[C@H](C)[C@@H](C)[C@H]2O)cc1F. The number of amides is 1. The van der Waals surface area contributed by atoms with Crippen LogP contribution in [-0.4, -0.2) is 39.6 Å². The number of anilines is 1. The summed E-state index contributed by atoms with van der Waals surface area (Å²) in [7, 11) is 0. The summed E-state index contributed by atoms with van der Waals surface area (Å²) in [5.74, 6) is -1.65. The molecule has 1 aliphatic heterocycles. The fraction of sp³-hybridized carbons (Fsp3) is 0.688. The van der Waals surface area contributed by atoms with Gasteiger partial charge in [0.1, 0.15) is 6.10 Å². The molecule has 0 saturated carbocycles. The molecule has 0 bridgehead atoms. The van der Waals surface area contributed by atoms with Crippen LogP contribution in [0, 0.1) is 11.7 Å². The summed E-state index contributed by atoms with van der Waals surface area (Å²) in [6.45, 7) is 5.75. The zero-order valence-electron chi connectivity index (χ0n) is 14.6. The van der Waals surface area contributed by atoms with E-state index in [1.807, 2.05) is 6.92 Å². The number of hydrogen-bond acceptors (Lipinski definition) is 6. The summed E-state index contributed by atoms with van der Waals surface area (Å²) in [4.78, 5) is 27.2. The summed E-state index contributed by atoms with van der Waals surface area (Å²) in [5, 5.41) is 12.2. The number of hydrogen-bond donors (Lipinski definition) is 2. The Kier molecular flexibility index (Phi) is 6.49. The van der Waals surface area contributed by atoms with E-state index in [0.29, 0.717) is 6.42 Å². The number of nitrogens with zero attached hydrogens (tertiary/aromatic N) is 2. The molecule has 2 heterocycles. The van der Waals surface area contributed by atoms with Crippen LogP contribution in [-0.2, 0) is 9.47 Å². The Balaban J connectivity index is 2.07. The van der Waals surface area contributed by atoms with Gasteiger partial charge in [-0.25, -0.2) is 14.0 Å². The minimum absolute atomic E-state index is 0.205. The molecule has 25 heavy (non-hydrogen) atoms. The van der Waals surface area contributed by atoms with E-state index in [4.69, 9.17) is 9.47 Å². The van der Waals surface area contributed by atoms with Gasteiger partial charge in [0.05, 0.1) is 18.9 Å². The third-order valence-electron chi connectivity index (χ3n) is 4.31. The quantitative estimate of drug-likeness (QED) is 0.755. The van der Waals surface area contributed by atoms with Crippen LogP contribution < -0.4 is 11.0 Å². The fourth-order valence-electron chi connectivity index (χ4n) is 2.56. The van der Waals surface area contributed by atoms with Gasteiger partial charge in [0, 0.05) is 5.92 Å². The van der Waals surface area contributed by atoms with Crippen LogP contribution in [0.3, 0.4) is 0 Å². The van der Waals surface area contributed by atoms with Crippen molar-refractivity contribution in [3.05, 3.63) is 22.5 Å². The third-order valence-corrected chi connectivity index (χ3v) is 4.31. The van der Waals surface area contributed by atoms with Crippen LogP contribution in [0.1, 0.15) is 46.3 Å². The summed E-state index contributed by atoms with van der Waals surface area (Å²) >= 11 is 0. The van der Waals surface area contributed by atoms with Crippen molar-refractivity contribution in [2.24, 2.45) is 5.92 Å². The largest absolute Gasteiger partial charge is 0.449 e. The molecule has 8 nitrogen and oxygen atoms in total. The molecular weight excluding hydrogens is 333 g/mol. The highest BCUT2D eigenvalue weighted by molar-refractivity contribution is 5.83. The topological polar surface area (TPSA) is 103 Å². The highest BCUT2D eigenvalue weighted by atomic mass is 19.1. The second-order valence-electron chi connectivity index (χ2n) is 6.18. The van der Waals surface area contributed by atoms with Crippen LogP contribution in [0.15, 0.2) is 11.0 Å². The van der Waals surface area contributed by atoms with Crippen molar-refractivity contribution in [2.45, 2.75) is 58.5 Å². The molecule has 1 fully saturated rings. The van der Waals surface area contributed by atoms with Gasteiger partial charge in [-0.2, -0.15) is 4.98 Å². The number of rotatable bonds is 6. The lowest BCUT2D eigenvalue weighted by Gasteiger charge is -2.18. The van der Waals surface area contributed by atoms with E-state index in [2.05, 4.69) is 10.3 Å². The fourth-order valence-corrected chi connectivity index (χ4v) is 2.56. The Labute approximate surface area is 145 Å². The van der Waals surface area contributed by atoms with Gasteiger partial charge in [-0.15, -0.1) is 0 Å². The van der Waals surface area contributed by atoms with Crippen LogP contribution in [0.25, 0.3) is 0 Å². The molecule has 1 aromatic rings. The van der Waals surface area contributed by atoms with Crippen molar-refractivity contribution in [1.82, 2.24) is 9.55 Å². The molecule has 2 rings (SSSR count). The van der Waals surface area contributed by atoms with E-state index < -0.39 is 35.7 Å². The van der Waals surface area contributed by atoms with Gasteiger partial charge in [0.15, 0.2) is 17.9 Å². The van der Waals surface area contributed by atoms with E-state index in [9.17, 15) is 19.1 Å². The molecule has 9 heteroatoms. The molecule has 2 N–H and O–H groups in total. The molecule has 0 aliphatic carbocycles. The molecule has 1 aliphatic rings. The number of ether oxygens (including phenoxy) is 2. The lowest BCUT2D eigenvalue weighted by molar-refractivity contribution is -0.0353. The molecule has 1 saturated heterocycles. The lowest BCUT2D eigenvalue weighted by Crippen LogP contribution is -2.34. The molecule has 0 radical (unpaired) electrons. The number of aromatic nitrogens is 2. The first-order valence-electron chi connectivity index (χ1n) is 8.41. The highest BCUT2D eigenvalue weighted by Crippen LogP contribution is 2.32. The average molecular weight is 357 g/mol. The standard InChI is InChI=1S/C16H24FN3O5/c1-4-5-6-7-24-16(23)19-13-11(17)8-20(15(22)18-13)14-12(21)9(2)10(3)25-14/h8-10,12,14,21H,4-7H2,1-3H3,(H,18,19,22,23)/t9-,10-,12-,14-/m1/s1. The number of unbranched alkanes of at least 4 members (excludes halogenated alkanes) is 2. The minimum atomic E-state index is -1.02. The molecule has 4 atom stereocenters. The number of halogens is 1. The van der Waals surface area contributed by atoms with Crippen LogP contribution in [0.4, 0.5) is 15.0 Å². The molecule has 0 unspecified atom stereocenters. The van der Waals surface area contributed by atoms with Crippen LogP contribution >= 0.6 is 0 Å². The molecule has 140 valence electrons. The van der Waals surface area contributed by atoms with Gasteiger partial charge in [0.2, 0.25) is 0 Å². The van der Waals surface area contributed by atoms with E-state index in [0.717, 1.165) is 23.6 Å². The smallest absolute Gasteiger partial charge is 0.412 e. The van der Waals surface area contributed by atoms with Crippen molar-refractivity contribution >= 4 is 11.9 Å². The van der Waals surface area contributed by atoms with Gasteiger partial charge >= 0.3 is 11.8 Å². The van der Waals surface area contributed by atoms with Gasteiger partial charge in [-0.3, -0.25) is 9.88 Å². The number of carbonyl (C=O) groups excluding carboxylic acids is 1. The Morgan fingerprint density at radius 2 is 2.20 bits per heavy atom. The maximum Gasteiger partial charge on any atom is 0.412 e. The molecular formula is C16H24FN3O5. The Morgan fingerprint density at radius 1 is 1.48 bits per heavy atom. The lowest BCUT2D eigenvalue weighted by atomic mass is 10.0. The number of carbonyl (C=O) groups is 1. The Morgan fingerprint density at radius 3 is 2.80 bits per heavy atom. The van der Waals surface area contributed by atoms with Gasteiger partial charge < -0.3 is 14.6 Å². The highest BCUT2D eigenvalue weighted by Gasteiger charge is 2.40. The zero-order chi connectivity index (χ0) is 18.6. The summed E-state index contributed by atoms with van der Waals surface area (Å²) in [5.41, 5.74) is -0.840. The third kappa shape index (κ3) is 4.55. The predicted molar refractivity (Wildman–Crippen MR) is 87.7 cm³/mol. The number of nitrogens with one attached hydrogen (secondary N) is 1. The maximum absolute atomic E-state index is 14.2. The second kappa shape index (κ2) is 8.39. The van der Waals surface area contributed by atoms with E-state index in [1.54, 1.807) is 13.8 Å². The van der Waals surface area contributed by atoms with E-state index >= 15 is 0 Å². The number of aliphatic hydroxyl groups excluding tert-OH is 1. The van der Waals surface area contributed by atoms with Crippen molar-refractivity contribution < 1.29 is 23.8 Å². The minimum Gasteiger partial charge on any atom is -0.449 e. The van der Waals surface area contributed by atoms with E-state index in [1.165, 1.54) is 0 Å². The second-order valence-corrected chi connectivity index (χ2v) is 6.18. The van der Waals surface area contributed by atoms with Crippen molar-refractivity contribution in [1.29, 1.82) is 0 Å². The van der Waals surface area contributed by atoms with E-state index in [-0.39, 0.29) is 18.6 Å². The monoisotopic (exact) mass is 357 g/mol. The maximum atomic E-state index is 14.2. The normalized spacial score (nSPS) is 25.8. The Bertz CT molecular complexity index is 666. The van der Waals surface area contributed by atoms with Crippen LogP contribution in [0.2, 0.25) is 0 Å². The van der Waals surface area contributed by atoms with Crippen molar-refractivity contribution in [3.63, 3.8) is 0 Å². The first kappa shape index (κ1) is 19.3. The Hall–Kier alpha value is -2.00. The van der Waals surface area contributed by atoms with Crippen molar-refractivity contribution in [3.8, 4) is 0 Å². The molecule has 0 spiro atoms. The number of aliphatic hydroxyl groups is 1.